The maximum absolute atomic E-state index is 15.4. The van der Waals surface area contributed by atoms with E-state index in [4.69, 9.17) is 23.0 Å². The van der Waals surface area contributed by atoms with E-state index < -0.39 is 50.0 Å². The number of methoxy groups -OCH3 is 1. The third-order valence-electron chi connectivity index (χ3n) is 5.08. The van der Waals surface area contributed by atoms with Gasteiger partial charge in [-0.3, -0.25) is 23.4 Å². The highest BCUT2D eigenvalue weighted by Crippen LogP contribution is 2.57. The van der Waals surface area contributed by atoms with Gasteiger partial charge in [0.2, 0.25) is 0 Å². The molecule has 12 nitrogen and oxygen atoms in total. The number of aryl methyl sites for hydroxylation is 1. The van der Waals surface area contributed by atoms with Gasteiger partial charge in [-0.1, -0.05) is 12.1 Å². The van der Waals surface area contributed by atoms with Crippen molar-refractivity contribution >= 4 is 7.82 Å². The predicted octanol–water partition coefficient (Wildman–Crippen LogP) is 0.504. The predicted molar refractivity (Wildman–Crippen MR) is 104 cm³/mol. The number of aromatic nitrogens is 2. The number of aliphatic hydroxyl groups is 2. The Bertz CT molecular complexity index is 1180. The zero-order valence-corrected chi connectivity index (χ0v) is 17.8. The first kappa shape index (κ1) is 22.6. The first-order chi connectivity index (χ1) is 15.1. The summed E-state index contributed by atoms with van der Waals surface area (Å²) in [4.78, 5) is 25.6. The number of nitrogens with one attached hydrogen (secondary N) is 1. The van der Waals surface area contributed by atoms with Crippen LogP contribution in [-0.2, 0) is 25.0 Å². The maximum Gasteiger partial charge on any atom is 0.530 e. The van der Waals surface area contributed by atoms with Gasteiger partial charge in [0.15, 0.2) is 17.7 Å². The van der Waals surface area contributed by atoms with Crippen LogP contribution in [0, 0.1) is 6.92 Å². The van der Waals surface area contributed by atoms with Crippen LogP contribution in [0.25, 0.3) is 0 Å². The van der Waals surface area contributed by atoms with Gasteiger partial charge >= 0.3 is 13.5 Å². The van der Waals surface area contributed by atoms with Crippen LogP contribution in [-0.4, -0.2) is 51.5 Å². The number of phosphoric ester groups is 1. The normalized spacial score (nSPS) is 31.7. The van der Waals surface area contributed by atoms with E-state index >= 15 is 4.39 Å². The molecule has 0 radical (unpaired) electrons. The van der Waals surface area contributed by atoms with Crippen LogP contribution in [0.3, 0.4) is 0 Å². The van der Waals surface area contributed by atoms with Gasteiger partial charge in [-0.25, -0.2) is 13.8 Å². The van der Waals surface area contributed by atoms with Crippen molar-refractivity contribution < 1.29 is 42.2 Å². The van der Waals surface area contributed by atoms with Crippen molar-refractivity contribution in [2.24, 2.45) is 0 Å². The van der Waals surface area contributed by atoms with Crippen LogP contribution in [0.4, 0.5) is 4.39 Å². The van der Waals surface area contributed by atoms with E-state index in [1.807, 2.05) is 4.98 Å². The Morgan fingerprint density at radius 2 is 2.12 bits per heavy atom. The number of aromatic amines is 1. The van der Waals surface area contributed by atoms with Crippen molar-refractivity contribution in [1.82, 2.24) is 9.55 Å². The Balaban J connectivity index is 1.53. The molecule has 2 aromatic rings. The summed E-state index contributed by atoms with van der Waals surface area (Å²) in [7, 11) is -2.98. The molecule has 0 aliphatic carbocycles. The van der Waals surface area contributed by atoms with E-state index in [2.05, 4.69) is 0 Å². The summed E-state index contributed by atoms with van der Waals surface area (Å²) in [6, 6.07) is 4.87. The van der Waals surface area contributed by atoms with Crippen molar-refractivity contribution in [3.8, 4) is 11.5 Å². The van der Waals surface area contributed by atoms with Gasteiger partial charge in [-0.2, -0.15) is 0 Å². The van der Waals surface area contributed by atoms with E-state index in [-0.39, 0.29) is 23.7 Å². The largest absolute Gasteiger partial charge is 0.530 e. The number of hydrogen-bond donors (Lipinski definition) is 3. The quantitative estimate of drug-likeness (QED) is 0.521. The zero-order valence-electron chi connectivity index (χ0n) is 16.9. The number of para-hydroxylation sites is 1. The topological polar surface area (TPSA) is 159 Å². The molecule has 1 aromatic heterocycles. The summed E-state index contributed by atoms with van der Waals surface area (Å²) >= 11 is 0. The minimum atomic E-state index is -4.35. The second-order valence-corrected chi connectivity index (χ2v) is 8.84. The summed E-state index contributed by atoms with van der Waals surface area (Å²) in [6.45, 7) is 0.0399. The average molecular weight is 474 g/mol. The molecule has 4 rings (SSSR count). The molecule has 2 aliphatic rings. The van der Waals surface area contributed by atoms with Crippen molar-refractivity contribution in [3.05, 3.63) is 56.4 Å². The molecule has 3 N–H and O–H groups in total. The van der Waals surface area contributed by atoms with Crippen LogP contribution < -0.4 is 20.5 Å². The number of phosphoric acid groups is 1. The number of ether oxygens (including phenoxy) is 2. The first-order valence-electron chi connectivity index (χ1n) is 9.36. The molecule has 14 heteroatoms. The Kier molecular flexibility index (Phi) is 5.74. The Hall–Kier alpha value is -2.54. The van der Waals surface area contributed by atoms with Crippen LogP contribution in [0.5, 0.6) is 11.5 Å². The van der Waals surface area contributed by atoms with E-state index in [9.17, 15) is 24.4 Å². The number of benzene rings is 1. The van der Waals surface area contributed by atoms with E-state index in [0.717, 1.165) is 10.8 Å². The molecule has 2 aliphatic heterocycles. The lowest BCUT2D eigenvalue weighted by Crippen LogP contribution is -2.43. The summed E-state index contributed by atoms with van der Waals surface area (Å²) in [6.07, 6.45) is -4.75. The fourth-order valence-electron chi connectivity index (χ4n) is 3.32. The molecule has 1 saturated heterocycles. The number of halogens is 1. The Morgan fingerprint density at radius 1 is 1.38 bits per heavy atom. The highest BCUT2D eigenvalue weighted by atomic mass is 31.2. The summed E-state index contributed by atoms with van der Waals surface area (Å²) < 4.78 is 54.6. The number of aliphatic hydroxyl groups excluding tert-OH is 2. The highest BCUT2D eigenvalue weighted by molar-refractivity contribution is 7.49. The summed E-state index contributed by atoms with van der Waals surface area (Å²) in [5.74, 6) is -2.73. The van der Waals surface area contributed by atoms with Gasteiger partial charge in [0.25, 0.3) is 11.4 Å². The second kappa shape index (κ2) is 8.10. The van der Waals surface area contributed by atoms with Crippen molar-refractivity contribution in [3.63, 3.8) is 0 Å². The van der Waals surface area contributed by atoms with Gasteiger partial charge < -0.3 is 24.2 Å². The molecule has 3 heterocycles. The lowest BCUT2D eigenvalue weighted by atomic mass is 10.1. The molecule has 0 bridgehead atoms. The highest BCUT2D eigenvalue weighted by Gasteiger charge is 2.57. The van der Waals surface area contributed by atoms with Gasteiger partial charge in [0.05, 0.1) is 13.7 Å². The number of H-pyrrole nitrogens is 1. The number of rotatable bonds is 5. The summed E-state index contributed by atoms with van der Waals surface area (Å²) in [5, 5.41) is 20.5. The molecule has 174 valence electrons. The molecule has 1 aromatic carbocycles. The molecule has 0 saturated carbocycles. The molecular weight excluding hydrogens is 454 g/mol. The molecule has 5 atom stereocenters. The van der Waals surface area contributed by atoms with Crippen LogP contribution in [0.2, 0.25) is 0 Å². The van der Waals surface area contributed by atoms with Gasteiger partial charge in [0.1, 0.15) is 18.8 Å². The van der Waals surface area contributed by atoms with Crippen molar-refractivity contribution in [1.29, 1.82) is 0 Å². The SMILES string of the molecule is COc1cccc2c1OP(=O)(OC[C@@]1(F)O[C@@H](n3cc(C)c(=O)[nH]c3=O)[C@H](O)[C@@H]1O)OC2. The van der Waals surface area contributed by atoms with E-state index in [1.54, 1.807) is 18.2 Å². The molecule has 0 amide bonds. The number of nitrogens with zero attached hydrogens (tertiary/aromatic N) is 1. The lowest BCUT2D eigenvalue weighted by molar-refractivity contribution is -0.205. The molecule has 1 unspecified atom stereocenters. The monoisotopic (exact) mass is 474 g/mol. The van der Waals surface area contributed by atoms with Crippen LogP contribution in [0.15, 0.2) is 34.0 Å². The molecular formula is C18H20FN2O10P. The van der Waals surface area contributed by atoms with Gasteiger partial charge in [-0.15, -0.1) is 0 Å². The van der Waals surface area contributed by atoms with Gasteiger partial charge in [0, 0.05) is 17.3 Å². The number of alkyl halides is 1. The van der Waals surface area contributed by atoms with Crippen LogP contribution >= 0.6 is 7.82 Å². The smallest absolute Gasteiger partial charge is 0.493 e. The van der Waals surface area contributed by atoms with E-state index in [1.165, 1.54) is 14.0 Å². The minimum absolute atomic E-state index is 0.0866. The van der Waals surface area contributed by atoms with Crippen LogP contribution in [0.1, 0.15) is 17.4 Å². The fourth-order valence-corrected chi connectivity index (χ4v) is 4.57. The standard InChI is InChI=1S/C18H20FN2O10P/c1-9-6-21(17(25)20-15(9)24)16-12(22)14(23)18(19,30-16)8-29-32(26)28-7-10-4-3-5-11(27-2)13(10)31-32/h3-6,12,14,16,22-23H,7-8H2,1-2H3,(H,20,24,25)/t12-,14+,16-,18-,32?/m1/s1. The maximum atomic E-state index is 15.4. The van der Waals surface area contributed by atoms with Crippen molar-refractivity contribution in [2.75, 3.05) is 13.7 Å². The second-order valence-electron chi connectivity index (χ2n) is 7.24. The molecule has 1 fully saturated rings. The van der Waals surface area contributed by atoms with Gasteiger partial charge in [-0.05, 0) is 13.0 Å². The fraction of sp³-hybridized carbons (Fsp3) is 0.444. The first-order valence-corrected chi connectivity index (χ1v) is 10.8. The third kappa shape index (κ3) is 3.87. The average Bonchev–Trinajstić information content (AvgIpc) is 2.99. The molecule has 32 heavy (non-hydrogen) atoms. The molecule has 0 spiro atoms. The summed E-state index contributed by atoms with van der Waals surface area (Å²) in [5.41, 5.74) is -1.05. The number of hydrogen-bond acceptors (Lipinski definition) is 10. The van der Waals surface area contributed by atoms with E-state index in [0.29, 0.717) is 5.56 Å². The lowest BCUT2D eigenvalue weighted by Gasteiger charge is -2.28. The third-order valence-corrected chi connectivity index (χ3v) is 6.37. The zero-order chi connectivity index (χ0) is 23.3. The Morgan fingerprint density at radius 3 is 2.84 bits per heavy atom. The Labute approximate surface area is 179 Å². The number of fused-ring (bicyclic) bond motifs is 1. The minimum Gasteiger partial charge on any atom is -0.493 e. The van der Waals surface area contributed by atoms with Crippen molar-refractivity contribution in [2.45, 2.75) is 37.8 Å².